The van der Waals surface area contributed by atoms with Crippen LogP contribution in [0.1, 0.15) is 5.56 Å². The zero-order valence-electron chi connectivity index (χ0n) is 15.9. The molecule has 3 aromatic carbocycles. The molecule has 1 amide bonds. The molecule has 10 heteroatoms. The maximum absolute atomic E-state index is 13.0. The van der Waals surface area contributed by atoms with Crippen LogP contribution in [0, 0.1) is 5.82 Å². The third-order valence-electron chi connectivity index (χ3n) is 4.10. The second-order valence-electron chi connectivity index (χ2n) is 6.36. The average Bonchev–Trinajstić information content (AvgIpc) is 2.73. The van der Waals surface area contributed by atoms with Gasteiger partial charge in [0.25, 0.3) is 15.9 Å². The predicted octanol–water partition coefficient (Wildman–Crippen LogP) is 4.63. The SMILES string of the molecule is O=C(COc1ccc(S(=O)(=O)Nc2ccc(F)cc2)cc1Cl)NCc1ccccc1Cl. The zero-order chi connectivity index (χ0) is 22.4. The summed E-state index contributed by atoms with van der Waals surface area (Å²) in [6.45, 7) is -0.0774. The fourth-order valence-corrected chi connectivity index (χ4v) is 4.11. The van der Waals surface area contributed by atoms with E-state index in [2.05, 4.69) is 10.0 Å². The van der Waals surface area contributed by atoms with Gasteiger partial charge in [-0.05, 0) is 54.1 Å². The molecule has 0 aliphatic rings. The number of rotatable bonds is 8. The summed E-state index contributed by atoms with van der Waals surface area (Å²) in [4.78, 5) is 11.9. The molecule has 162 valence electrons. The largest absolute Gasteiger partial charge is 0.482 e. The van der Waals surface area contributed by atoms with Crippen molar-refractivity contribution in [1.29, 1.82) is 0 Å². The van der Waals surface area contributed by atoms with E-state index < -0.39 is 21.7 Å². The number of sulfonamides is 1. The number of nitrogens with one attached hydrogen (secondary N) is 2. The van der Waals surface area contributed by atoms with Gasteiger partial charge in [0, 0.05) is 17.3 Å². The first-order valence-corrected chi connectivity index (χ1v) is 11.2. The topological polar surface area (TPSA) is 84.5 Å². The van der Waals surface area contributed by atoms with Crippen LogP contribution in [0.2, 0.25) is 10.0 Å². The Balaban J connectivity index is 1.59. The molecule has 0 fully saturated rings. The summed E-state index contributed by atoms with van der Waals surface area (Å²) in [7, 11) is -3.94. The minimum Gasteiger partial charge on any atom is -0.482 e. The Kier molecular flexibility index (Phi) is 7.37. The van der Waals surface area contributed by atoms with E-state index in [4.69, 9.17) is 27.9 Å². The molecule has 0 aliphatic heterocycles. The smallest absolute Gasteiger partial charge is 0.261 e. The van der Waals surface area contributed by atoms with Gasteiger partial charge in [-0.15, -0.1) is 0 Å². The lowest BCUT2D eigenvalue weighted by Gasteiger charge is -2.12. The fourth-order valence-electron chi connectivity index (χ4n) is 2.53. The first-order chi connectivity index (χ1) is 14.7. The lowest BCUT2D eigenvalue weighted by atomic mass is 10.2. The van der Waals surface area contributed by atoms with E-state index in [0.29, 0.717) is 5.02 Å². The highest BCUT2D eigenvalue weighted by atomic mass is 35.5. The van der Waals surface area contributed by atoms with Gasteiger partial charge < -0.3 is 10.1 Å². The summed E-state index contributed by atoms with van der Waals surface area (Å²) in [5.41, 5.74) is 0.965. The molecule has 0 heterocycles. The maximum atomic E-state index is 13.0. The third kappa shape index (κ3) is 6.33. The van der Waals surface area contributed by atoms with Gasteiger partial charge in [-0.3, -0.25) is 9.52 Å². The highest BCUT2D eigenvalue weighted by Crippen LogP contribution is 2.28. The van der Waals surface area contributed by atoms with Crippen molar-refractivity contribution < 1.29 is 22.3 Å². The van der Waals surface area contributed by atoms with Crippen molar-refractivity contribution in [3.63, 3.8) is 0 Å². The molecule has 2 N–H and O–H groups in total. The normalized spacial score (nSPS) is 11.1. The molecule has 3 rings (SSSR count). The average molecular weight is 483 g/mol. The number of carbonyl (C=O) groups is 1. The summed E-state index contributed by atoms with van der Waals surface area (Å²) < 4.78 is 45.7. The molecular formula is C21H17Cl2FN2O4S. The predicted molar refractivity (Wildman–Crippen MR) is 117 cm³/mol. The number of hydrogen-bond donors (Lipinski definition) is 2. The lowest BCUT2D eigenvalue weighted by molar-refractivity contribution is -0.123. The second kappa shape index (κ2) is 10.00. The van der Waals surface area contributed by atoms with Crippen LogP contribution in [0.25, 0.3) is 0 Å². The standard InChI is InChI=1S/C21H17Cl2FN2O4S/c22-18-4-2-1-3-14(18)12-25-21(27)13-30-20-10-9-17(11-19(20)23)31(28,29)26-16-7-5-15(24)6-8-16/h1-11,26H,12-13H2,(H,25,27). The Morgan fingerprint density at radius 2 is 1.68 bits per heavy atom. The molecule has 0 atom stereocenters. The van der Waals surface area contributed by atoms with E-state index in [1.807, 2.05) is 6.07 Å². The van der Waals surface area contributed by atoms with Crippen LogP contribution in [-0.4, -0.2) is 20.9 Å². The van der Waals surface area contributed by atoms with Gasteiger partial charge in [-0.25, -0.2) is 12.8 Å². The molecule has 0 saturated carbocycles. The molecule has 0 bridgehead atoms. The van der Waals surface area contributed by atoms with Crippen molar-refractivity contribution in [3.05, 3.63) is 88.2 Å². The van der Waals surface area contributed by atoms with Crippen LogP contribution in [-0.2, 0) is 21.4 Å². The quantitative estimate of drug-likeness (QED) is 0.490. The highest BCUT2D eigenvalue weighted by molar-refractivity contribution is 7.92. The van der Waals surface area contributed by atoms with Gasteiger partial charge in [0.15, 0.2) is 6.61 Å². The molecule has 0 radical (unpaired) electrons. The van der Waals surface area contributed by atoms with Crippen LogP contribution in [0.3, 0.4) is 0 Å². The highest BCUT2D eigenvalue weighted by Gasteiger charge is 2.17. The zero-order valence-corrected chi connectivity index (χ0v) is 18.3. The molecule has 31 heavy (non-hydrogen) atoms. The number of carbonyl (C=O) groups excluding carboxylic acids is 1. The Labute approximate surface area is 189 Å². The van der Waals surface area contributed by atoms with E-state index in [9.17, 15) is 17.6 Å². The van der Waals surface area contributed by atoms with Crippen LogP contribution in [0.4, 0.5) is 10.1 Å². The number of ether oxygens (including phenoxy) is 1. The Hall–Kier alpha value is -2.81. The van der Waals surface area contributed by atoms with Crippen LogP contribution in [0.5, 0.6) is 5.75 Å². The van der Waals surface area contributed by atoms with Gasteiger partial charge in [0.2, 0.25) is 0 Å². The van der Waals surface area contributed by atoms with Crippen LogP contribution in [0.15, 0.2) is 71.6 Å². The Morgan fingerprint density at radius 3 is 2.35 bits per heavy atom. The summed E-state index contributed by atoms with van der Waals surface area (Å²) >= 11 is 12.2. The van der Waals surface area contributed by atoms with Crippen molar-refractivity contribution in [1.82, 2.24) is 5.32 Å². The third-order valence-corrected chi connectivity index (χ3v) is 6.15. The van der Waals surface area contributed by atoms with Crippen LogP contribution >= 0.6 is 23.2 Å². The van der Waals surface area contributed by atoms with E-state index in [0.717, 1.165) is 17.7 Å². The fraction of sp³-hybridized carbons (Fsp3) is 0.0952. The number of amides is 1. The molecule has 0 aliphatic carbocycles. The van der Waals surface area contributed by atoms with E-state index >= 15 is 0 Å². The van der Waals surface area contributed by atoms with Gasteiger partial charge in [0.1, 0.15) is 11.6 Å². The van der Waals surface area contributed by atoms with Crippen molar-refractivity contribution in [2.75, 3.05) is 11.3 Å². The number of hydrogen-bond acceptors (Lipinski definition) is 4. The van der Waals surface area contributed by atoms with Gasteiger partial charge in [0.05, 0.1) is 9.92 Å². The lowest BCUT2D eigenvalue weighted by Crippen LogP contribution is -2.28. The maximum Gasteiger partial charge on any atom is 0.261 e. The summed E-state index contributed by atoms with van der Waals surface area (Å²) in [6, 6.07) is 15.8. The molecule has 3 aromatic rings. The monoisotopic (exact) mass is 482 g/mol. The minimum absolute atomic E-state index is 0.0147. The summed E-state index contributed by atoms with van der Waals surface area (Å²) in [5, 5.41) is 3.23. The number of anilines is 1. The van der Waals surface area contributed by atoms with Gasteiger partial charge >= 0.3 is 0 Å². The summed E-state index contributed by atoms with van der Waals surface area (Å²) in [6.07, 6.45) is 0. The van der Waals surface area contributed by atoms with Gasteiger partial charge in [-0.1, -0.05) is 41.4 Å². The Bertz CT molecular complexity index is 1190. The van der Waals surface area contributed by atoms with Crippen molar-refractivity contribution in [2.45, 2.75) is 11.4 Å². The van der Waals surface area contributed by atoms with Crippen molar-refractivity contribution in [3.8, 4) is 5.75 Å². The second-order valence-corrected chi connectivity index (χ2v) is 8.86. The van der Waals surface area contributed by atoms with Crippen molar-refractivity contribution in [2.24, 2.45) is 0 Å². The Morgan fingerprint density at radius 1 is 0.968 bits per heavy atom. The van der Waals surface area contributed by atoms with Crippen molar-refractivity contribution >= 4 is 44.8 Å². The first kappa shape index (κ1) is 22.9. The van der Waals surface area contributed by atoms with Crippen LogP contribution < -0.4 is 14.8 Å². The molecule has 6 nitrogen and oxygen atoms in total. The van der Waals surface area contributed by atoms with E-state index in [1.54, 1.807) is 18.2 Å². The molecule has 0 saturated heterocycles. The van der Waals surface area contributed by atoms with Gasteiger partial charge in [-0.2, -0.15) is 0 Å². The van der Waals surface area contributed by atoms with E-state index in [-0.39, 0.29) is 34.5 Å². The number of halogens is 3. The molecule has 0 aromatic heterocycles. The molecule has 0 spiro atoms. The van der Waals surface area contributed by atoms with E-state index in [1.165, 1.54) is 30.3 Å². The minimum atomic E-state index is -3.94. The summed E-state index contributed by atoms with van der Waals surface area (Å²) in [5.74, 6) is -0.732. The number of benzene rings is 3. The molecular weight excluding hydrogens is 466 g/mol. The first-order valence-electron chi connectivity index (χ1n) is 8.95. The molecule has 0 unspecified atom stereocenters.